The number of thiocarbonyl (C=S) groups is 1. The van der Waals surface area contributed by atoms with Crippen LogP contribution in [0, 0.1) is 4.77 Å². The Morgan fingerprint density at radius 2 is 1.94 bits per heavy atom. The topological polar surface area (TPSA) is 68.5 Å². The van der Waals surface area contributed by atoms with Gasteiger partial charge in [0.05, 0.1) is 5.69 Å². The van der Waals surface area contributed by atoms with Crippen LogP contribution in [0.5, 0.6) is 0 Å². The third-order valence-electron chi connectivity index (χ3n) is 1.81. The lowest BCUT2D eigenvalue weighted by atomic mass is 10.3. The van der Waals surface area contributed by atoms with Gasteiger partial charge in [-0.2, -0.15) is 4.98 Å². The molecule has 1 heterocycles. The average Bonchev–Trinajstić information content (AvgIpc) is 2.74. The van der Waals surface area contributed by atoms with Gasteiger partial charge in [-0.05, 0) is 24.4 Å². The van der Waals surface area contributed by atoms with Gasteiger partial charge in [0, 0.05) is 0 Å². The number of hydrazine groups is 1. The number of nitrogens with one attached hydrogen (secondary N) is 4. The fourth-order valence-corrected chi connectivity index (χ4v) is 1.38. The molecule has 0 aliphatic carbocycles. The Kier molecular flexibility index (Phi) is 3.28. The molecule has 0 atom stereocenters. The Balaban J connectivity index is 1.97. The molecule has 1 aromatic carbocycles. The molecule has 0 radical (unpaired) electrons. The summed E-state index contributed by atoms with van der Waals surface area (Å²) in [6, 6.07) is 9.63. The molecule has 2 rings (SSSR count). The fraction of sp³-hybridized carbons (Fsp3) is 0. The highest BCUT2D eigenvalue weighted by molar-refractivity contribution is 7.80. The largest absolute Gasteiger partial charge is 0.300 e. The van der Waals surface area contributed by atoms with E-state index in [9.17, 15) is 0 Å². The Morgan fingerprint density at radius 1 is 1.19 bits per heavy atom. The number of benzene rings is 1. The van der Waals surface area contributed by atoms with Crippen LogP contribution in [-0.2, 0) is 0 Å². The molecule has 2 aromatic rings. The molecule has 0 aliphatic rings. The number of hydrogen-bond donors (Lipinski definition) is 4. The maximum Gasteiger partial charge on any atom is 0.213 e. The molecular formula is C9H9N5S2. The van der Waals surface area contributed by atoms with E-state index in [2.05, 4.69) is 26.0 Å². The van der Waals surface area contributed by atoms with E-state index in [1.54, 1.807) is 0 Å². The molecule has 0 saturated heterocycles. The number of aromatic nitrogens is 3. The van der Waals surface area contributed by atoms with Gasteiger partial charge < -0.3 is 5.43 Å². The summed E-state index contributed by atoms with van der Waals surface area (Å²) in [6.07, 6.45) is 0. The van der Waals surface area contributed by atoms with E-state index in [1.165, 1.54) is 0 Å². The molecule has 82 valence electrons. The van der Waals surface area contributed by atoms with Gasteiger partial charge in [0.15, 0.2) is 10.8 Å². The summed E-state index contributed by atoms with van der Waals surface area (Å²) < 4.78 is 0.374. The van der Waals surface area contributed by atoms with Crippen molar-refractivity contribution in [3.05, 3.63) is 40.9 Å². The molecule has 0 aliphatic heterocycles. The summed E-state index contributed by atoms with van der Waals surface area (Å²) in [5.74, 6) is 0.503. The highest BCUT2D eigenvalue weighted by Crippen LogP contribution is 2.02. The maximum atomic E-state index is 5.10. The van der Waals surface area contributed by atoms with Crippen molar-refractivity contribution in [3.63, 3.8) is 0 Å². The highest BCUT2D eigenvalue weighted by Gasteiger charge is 2.02. The van der Waals surface area contributed by atoms with Gasteiger partial charge >= 0.3 is 0 Å². The number of aromatic amines is 2. The van der Waals surface area contributed by atoms with E-state index < -0.39 is 0 Å². The van der Waals surface area contributed by atoms with Crippen LogP contribution in [0.15, 0.2) is 30.3 Å². The van der Waals surface area contributed by atoms with Gasteiger partial charge in [-0.15, -0.1) is 0 Å². The van der Waals surface area contributed by atoms with Crippen molar-refractivity contribution in [2.24, 2.45) is 0 Å². The highest BCUT2D eigenvalue weighted by atomic mass is 32.1. The number of hydrogen-bond acceptors (Lipinski definition) is 4. The first-order chi connectivity index (χ1) is 7.75. The second kappa shape index (κ2) is 4.86. The Morgan fingerprint density at radius 3 is 2.56 bits per heavy atom. The molecule has 7 heteroatoms. The zero-order valence-corrected chi connectivity index (χ0v) is 9.78. The third-order valence-corrected chi connectivity index (χ3v) is 2.30. The lowest BCUT2D eigenvalue weighted by molar-refractivity contribution is 1.05. The van der Waals surface area contributed by atoms with Crippen molar-refractivity contribution in [2.75, 3.05) is 5.43 Å². The summed E-state index contributed by atoms with van der Waals surface area (Å²) in [5.41, 5.74) is 6.72. The summed E-state index contributed by atoms with van der Waals surface area (Å²) >= 11 is 9.92. The first-order valence-electron chi connectivity index (χ1n) is 4.52. The molecule has 0 saturated carbocycles. The maximum absolute atomic E-state index is 5.10. The van der Waals surface area contributed by atoms with Crippen LogP contribution < -0.4 is 10.9 Å². The smallest absolute Gasteiger partial charge is 0.213 e. The van der Waals surface area contributed by atoms with Gasteiger partial charge in [-0.1, -0.05) is 30.4 Å². The number of rotatable bonds is 3. The predicted molar refractivity (Wildman–Crippen MR) is 68.7 cm³/mol. The zero-order valence-electron chi connectivity index (χ0n) is 8.15. The molecule has 16 heavy (non-hydrogen) atoms. The number of anilines is 1. The van der Waals surface area contributed by atoms with E-state index in [-0.39, 0.29) is 0 Å². The lowest BCUT2D eigenvalue weighted by Gasteiger charge is -2.08. The second-order valence-electron chi connectivity index (χ2n) is 2.96. The second-order valence-corrected chi connectivity index (χ2v) is 3.76. The molecule has 0 amide bonds. The minimum atomic E-state index is 0.374. The Hall–Kier alpha value is -1.73. The summed E-state index contributed by atoms with van der Waals surface area (Å²) in [6.45, 7) is 0. The van der Waals surface area contributed by atoms with E-state index in [0.717, 1.165) is 5.69 Å². The first kappa shape index (κ1) is 10.8. The normalized spacial score (nSPS) is 9.75. The Bertz CT molecular complexity index is 530. The molecule has 0 fully saturated rings. The minimum absolute atomic E-state index is 0.374. The van der Waals surface area contributed by atoms with Crippen molar-refractivity contribution in [3.8, 4) is 0 Å². The summed E-state index contributed by atoms with van der Waals surface area (Å²) in [4.78, 5) is 4.42. The van der Waals surface area contributed by atoms with Gasteiger partial charge in [0.25, 0.3) is 0 Å². The van der Waals surface area contributed by atoms with E-state index in [0.29, 0.717) is 15.6 Å². The lowest BCUT2D eigenvalue weighted by Crippen LogP contribution is -2.29. The monoisotopic (exact) mass is 251 g/mol. The number of H-pyrrole nitrogens is 2. The van der Waals surface area contributed by atoms with Gasteiger partial charge in [-0.25, -0.2) is 0 Å². The molecule has 1 aromatic heterocycles. The van der Waals surface area contributed by atoms with Crippen molar-refractivity contribution in [1.29, 1.82) is 0 Å². The molecule has 5 nitrogen and oxygen atoms in total. The van der Waals surface area contributed by atoms with Crippen LogP contribution >= 0.6 is 24.4 Å². The van der Waals surface area contributed by atoms with E-state index in [1.807, 2.05) is 30.3 Å². The SMILES string of the molecule is S=C(NNc1ccccc1)c1nc(=S)[nH][nH]1. The van der Waals surface area contributed by atoms with Crippen molar-refractivity contribution in [2.45, 2.75) is 0 Å². The van der Waals surface area contributed by atoms with Crippen LogP contribution in [0.2, 0.25) is 0 Å². The molecule has 0 bridgehead atoms. The summed E-state index contributed by atoms with van der Waals surface area (Å²) in [7, 11) is 0. The van der Waals surface area contributed by atoms with Gasteiger partial charge in [-0.3, -0.25) is 15.6 Å². The zero-order chi connectivity index (χ0) is 11.4. The molecule has 4 N–H and O–H groups in total. The molecule has 0 spiro atoms. The Labute approximate surface area is 102 Å². The van der Waals surface area contributed by atoms with E-state index in [4.69, 9.17) is 24.4 Å². The summed E-state index contributed by atoms with van der Waals surface area (Å²) in [5, 5.41) is 5.43. The molecule has 0 unspecified atom stereocenters. The minimum Gasteiger partial charge on any atom is -0.300 e. The van der Waals surface area contributed by atoms with Crippen molar-refractivity contribution >= 4 is 35.1 Å². The van der Waals surface area contributed by atoms with E-state index >= 15 is 0 Å². The van der Waals surface area contributed by atoms with Crippen LogP contribution in [0.25, 0.3) is 0 Å². The van der Waals surface area contributed by atoms with Crippen LogP contribution in [0.4, 0.5) is 5.69 Å². The van der Waals surface area contributed by atoms with Crippen molar-refractivity contribution in [1.82, 2.24) is 20.6 Å². The average molecular weight is 251 g/mol. The standard InChI is InChI=1S/C9H9N5S2/c15-8(7-10-9(16)14-12-7)13-11-6-4-2-1-3-5-6/h1-5,11H,(H,13,15)(H2,10,12,14,16). The van der Waals surface area contributed by atoms with Crippen LogP contribution in [-0.4, -0.2) is 20.2 Å². The fourth-order valence-electron chi connectivity index (χ4n) is 1.09. The third kappa shape index (κ3) is 2.65. The molecular weight excluding hydrogens is 242 g/mol. The first-order valence-corrected chi connectivity index (χ1v) is 5.33. The number of para-hydroxylation sites is 1. The van der Waals surface area contributed by atoms with Gasteiger partial charge in [0.1, 0.15) is 0 Å². The van der Waals surface area contributed by atoms with Crippen molar-refractivity contribution < 1.29 is 0 Å². The van der Waals surface area contributed by atoms with Gasteiger partial charge in [0.2, 0.25) is 4.77 Å². The quantitative estimate of drug-likeness (QED) is 0.494. The number of nitrogens with zero attached hydrogens (tertiary/aromatic N) is 1. The predicted octanol–water partition coefficient (Wildman–Crippen LogP) is 1.76. The van der Waals surface area contributed by atoms with Crippen LogP contribution in [0.1, 0.15) is 5.82 Å². The van der Waals surface area contributed by atoms with Crippen LogP contribution in [0.3, 0.4) is 0 Å².